The second-order valence-electron chi connectivity index (χ2n) is 5.77. The van der Waals surface area contributed by atoms with Gasteiger partial charge in [0.2, 0.25) is 10.0 Å². The van der Waals surface area contributed by atoms with E-state index in [1.54, 1.807) is 18.2 Å². The number of nitrogens with zero attached hydrogens (tertiary/aromatic N) is 1. The van der Waals surface area contributed by atoms with Crippen LogP contribution >= 0.6 is 23.2 Å². The largest absolute Gasteiger partial charge is 0.482 e. The van der Waals surface area contributed by atoms with Gasteiger partial charge in [-0.3, -0.25) is 4.79 Å². The molecule has 1 amide bonds. The molecule has 1 N–H and O–H groups in total. The minimum atomic E-state index is -3.12. The normalized spacial score (nSPS) is 16.8. The Kier molecular flexibility index (Phi) is 6.74. The molecule has 9 heteroatoms. The van der Waals surface area contributed by atoms with Gasteiger partial charge < -0.3 is 10.1 Å². The summed E-state index contributed by atoms with van der Waals surface area (Å²) in [5, 5.41) is 3.67. The maximum Gasteiger partial charge on any atom is 0.257 e. The molecule has 24 heavy (non-hydrogen) atoms. The molecule has 1 aliphatic rings. The average Bonchev–Trinajstić information content (AvgIpc) is 2.53. The summed E-state index contributed by atoms with van der Waals surface area (Å²) < 4.78 is 29.7. The molecule has 0 saturated carbocycles. The molecule has 1 aromatic rings. The van der Waals surface area contributed by atoms with Crippen LogP contribution in [0.2, 0.25) is 10.0 Å². The zero-order valence-electron chi connectivity index (χ0n) is 13.3. The molecule has 1 saturated heterocycles. The van der Waals surface area contributed by atoms with Crippen molar-refractivity contribution < 1.29 is 17.9 Å². The fraction of sp³-hybridized carbons (Fsp3) is 0.533. The lowest BCUT2D eigenvalue weighted by Crippen LogP contribution is -2.41. The zero-order chi connectivity index (χ0) is 17.7. The standard InChI is InChI=1S/C15H20Cl2N2O4S/c1-24(21,22)19-6-4-11(5-7-19)9-18-15(20)10-23-14-8-12(16)2-3-13(14)17/h2-3,8,11H,4-7,9-10H2,1H3,(H,18,20). The van der Waals surface area contributed by atoms with Crippen LogP contribution in [0, 0.1) is 5.92 Å². The first kappa shape index (κ1) is 19.3. The fourth-order valence-corrected chi connectivity index (χ4v) is 3.69. The molecule has 0 aliphatic carbocycles. The highest BCUT2D eigenvalue weighted by atomic mass is 35.5. The van der Waals surface area contributed by atoms with E-state index in [9.17, 15) is 13.2 Å². The first-order valence-corrected chi connectivity index (χ1v) is 10.2. The van der Waals surface area contributed by atoms with Gasteiger partial charge in [0.15, 0.2) is 6.61 Å². The van der Waals surface area contributed by atoms with Crippen LogP contribution in [0.15, 0.2) is 18.2 Å². The van der Waals surface area contributed by atoms with Crippen molar-refractivity contribution in [2.75, 3.05) is 32.5 Å². The predicted molar refractivity (Wildman–Crippen MR) is 94.1 cm³/mol. The summed E-state index contributed by atoms with van der Waals surface area (Å²) in [7, 11) is -3.12. The van der Waals surface area contributed by atoms with E-state index in [0.717, 1.165) is 12.8 Å². The summed E-state index contributed by atoms with van der Waals surface area (Å²) in [6.45, 7) is 1.34. The summed E-state index contributed by atoms with van der Waals surface area (Å²) in [6.07, 6.45) is 2.68. The van der Waals surface area contributed by atoms with Crippen LogP contribution in [0.5, 0.6) is 5.75 Å². The van der Waals surface area contributed by atoms with Gasteiger partial charge in [-0.25, -0.2) is 12.7 Å². The molecule has 1 aromatic carbocycles. The van der Waals surface area contributed by atoms with Crippen molar-refractivity contribution in [2.24, 2.45) is 5.92 Å². The molecule has 0 radical (unpaired) electrons. The van der Waals surface area contributed by atoms with Gasteiger partial charge in [0.25, 0.3) is 5.91 Å². The molecule has 0 aromatic heterocycles. The van der Waals surface area contributed by atoms with E-state index in [-0.39, 0.29) is 18.4 Å². The number of halogens is 2. The van der Waals surface area contributed by atoms with Crippen molar-refractivity contribution in [3.63, 3.8) is 0 Å². The number of benzene rings is 1. The smallest absolute Gasteiger partial charge is 0.257 e. The van der Waals surface area contributed by atoms with Crippen LogP contribution in [0.4, 0.5) is 0 Å². The molecule has 0 bridgehead atoms. The maximum atomic E-state index is 11.9. The summed E-state index contributed by atoms with van der Waals surface area (Å²) in [5.74, 6) is 0.374. The molecule has 1 fully saturated rings. The van der Waals surface area contributed by atoms with E-state index in [1.165, 1.54) is 10.6 Å². The molecular weight excluding hydrogens is 375 g/mol. The van der Waals surface area contributed by atoms with E-state index in [0.29, 0.717) is 35.4 Å². The van der Waals surface area contributed by atoms with Crippen molar-refractivity contribution in [1.82, 2.24) is 9.62 Å². The first-order valence-electron chi connectivity index (χ1n) is 7.55. The van der Waals surface area contributed by atoms with Gasteiger partial charge in [-0.05, 0) is 30.9 Å². The second kappa shape index (κ2) is 8.38. The van der Waals surface area contributed by atoms with Crippen LogP contribution in [-0.2, 0) is 14.8 Å². The van der Waals surface area contributed by atoms with Crippen LogP contribution in [0.1, 0.15) is 12.8 Å². The Hall–Kier alpha value is -1.02. The van der Waals surface area contributed by atoms with Crippen molar-refractivity contribution in [2.45, 2.75) is 12.8 Å². The molecule has 6 nitrogen and oxygen atoms in total. The lowest BCUT2D eigenvalue weighted by atomic mass is 9.98. The Morgan fingerprint density at radius 1 is 1.33 bits per heavy atom. The SMILES string of the molecule is CS(=O)(=O)N1CCC(CNC(=O)COc2cc(Cl)ccc2Cl)CC1. The highest BCUT2D eigenvalue weighted by Gasteiger charge is 2.25. The number of piperidine rings is 1. The number of sulfonamides is 1. The minimum Gasteiger partial charge on any atom is -0.482 e. The molecule has 0 unspecified atom stereocenters. The third-order valence-electron chi connectivity index (χ3n) is 3.88. The van der Waals surface area contributed by atoms with E-state index >= 15 is 0 Å². The van der Waals surface area contributed by atoms with Crippen molar-refractivity contribution in [3.8, 4) is 5.75 Å². The highest BCUT2D eigenvalue weighted by molar-refractivity contribution is 7.88. The van der Waals surface area contributed by atoms with Gasteiger partial charge in [-0.1, -0.05) is 23.2 Å². The summed E-state index contributed by atoms with van der Waals surface area (Å²) in [4.78, 5) is 11.9. The number of hydrogen-bond donors (Lipinski definition) is 1. The van der Waals surface area contributed by atoms with E-state index in [2.05, 4.69) is 5.32 Å². The van der Waals surface area contributed by atoms with Gasteiger partial charge in [-0.2, -0.15) is 0 Å². The first-order chi connectivity index (χ1) is 11.3. The third kappa shape index (κ3) is 5.81. The van der Waals surface area contributed by atoms with Gasteiger partial charge in [0.1, 0.15) is 5.75 Å². The Labute approximate surface area is 152 Å². The van der Waals surface area contributed by atoms with Crippen LogP contribution in [0.25, 0.3) is 0 Å². The number of nitrogens with one attached hydrogen (secondary N) is 1. The molecule has 1 heterocycles. The van der Waals surface area contributed by atoms with Crippen molar-refractivity contribution >= 4 is 39.1 Å². The number of hydrogen-bond acceptors (Lipinski definition) is 4. The van der Waals surface area contributed by atoms with Gasteiger partial charge in [0, 0.05) is 30.7 Å². The van der Waals surface area contributed by atoms with Crippen molar-refractivity contribution in [3.05, 3.63) is 28.2 Å². The summed E-state index contributed by atoms with van der Waals surface area (Å²) >= 11 is 11.8. The molecule has 0 atom stereocenters. The van der Waals surface area contributed by atoms with Crippen molar-refractivity contribution in [1.29, 1.82) is 0 Å². The molecule has 134 valence electrons. The average molecular weight is 395 g/mol. The number of carbonyl (C=O) groups excluding carboxylic acids is 1. The quantitative estimate of drug-likeness (QED) is 0.801. The van der Waals surface area contributed by atoms with Crippen LogP contribution in [-0.4, -0.2) is 51.1 Å². The Balaban J connectivity index is 1.71. The molecule has 1 aliphatic heterocycles. The monoisotopic (exact) mass is 394 g/mol. The van der Waals surface area contributed by atoms with Gasteiger partial charge >= 0.3 is 0 Å². The van der Waals surface area contributed by atoms with Gasteiger partial charge in [-0.15, -0.1) is 0 Å². The lowest BCUT2D eigenvalue weighted by molar-refractivity contribution is -0.123. The van der Waals surface area contributed by atoms with Crippen LogP contribution < -0.4 is 10.1 Å². The second-order valence-corrected chi connectivity index (χ2v) is 8.60. The van der Waals surface area contributed by atoms with E-state index in [4.69, 9.17) is 27.9 Å². The number of amides is 1. The molecular formula is C15H20Cl2N2O4S. The number of ether oxygens (including phenoxy) is 1. The topological polar surface area (TPSA) is 75.7 Å². The Morgan fingerprint density at radius 3 is 2.62 bits per heavy atom. The molecule has 0 spiro atoms. The van der Waals surface area contributed by atoms with E-state index in [1.807, 2.05) is 0 Å². The zero-order valence-corrected chi connectivity index (χ0v) is 15.6. The van der Waals surface area contributed by atoms with E-state index < -0.39 is 10.0 Å². The lowest BCUT2D eigenvalue weighted by Gasteiger charge is -2.30. The molecule has 2 rings (SSSR count). The third-order valence-corrected chi connectivity index (χ3v) is 5.73. The van der Waals surface area contributed by atoms with Gasteiger partial charge in [0.05, 0.1) is 11.3 Å². The predicted octanol–water partition coefficient (Wildman–Crippen LogP) is 2.16. The fourth-order valence-electron chi connectivity index (χ4n) is 2.49. The maximum absolute atomic E-state index is 11.9. The highest BCUT2D eigenvalue weighted by Crippen LogP contribution is 2.27. The minimum absolute atomic E-state index is 0.151. The van der Waals surface area contributed by atoms with Crippen LogP contribution in [0.3, 0.4) is 0 Å². The summed E-state index contributed by atoms with van der Waals surface area (Å²) in [5.41, 5.74) is 0. The summed E-state index contributed by atoms with van der Waals surface area (Å²) in [6, 6.07) is 4.80. The Morgan fingerprint density at radius 2 is 2.00 bits per heavy atom. The Bertz CT molecular complexity index is 689. The number of carbonyl (C=O) groups is 1. The number of rotatable bonds is 6.